The number of phenols is 2. The van der Waals surface area contributed by atoms with Crippen LogP contribution in [0.4, 0.5) is 0 Å². The third-order valence-electron chi connectivity index (χ3n) is 5.15. The molecule has 2 aliphatic heterocycles. The van der Waals surface area contributed by atoms with Gasteiger partial charge in [0.05, 0.1) is 12.7 Å². The Morgan fingerprint density at radius 3 is 2.38 bits per heavy atom. The summed E-state index contributed by atoms with van der Waals surface area (Å²) in [5.74, 6) is 0.339. The molecule has 2 aliphatic rings. The van der Waals surface area contributed by atoms with Crippen LogP contribution in [-0.2, 0) is 11.2 Å². The van der Waals surface area contributed by atoms with Crippen LogP contribution in [0.3, 0.4) is 0 Å². The maximum atomic E-state index is 10.4. The number of benzene rings is 2. The summed E-state index contributed by atoms with van der Waals surface area (Å²) in [4.78, 5) is 0. The fourth-order valence-corrected chi connectivity index (χ4v) is 3.57. The van der Waals surface area contributed by atoms with Gasteiger partial charge in [0.2, 0.25) is 6.29 Å². The highest BCUT2D eigenvalue weighted by Gasteiger charge is 2.44. The third kappa shape index (κ3) is 3.70. The first-order valence-corrected chi connectivity index (χ1v) is 9.16. The highest BCUT2D eigenvalue weighted by molar-refractivity contribution is 5.52. The lowest BCUT2D eigenvalue weighted by Gasteiger charge is -2.31. The molecule has 0 amide bonds. The molecule has 0 unspecified atom stereocenters. The van der Waals surface area contributed by atoms with E-state index in [2.05, 4.69) is 0 Å². The minimum atomic E-state index is -1.38. The van der Waals surface area contributed by atoms with E-state index in [4.69, 9.17) is 19.3 Å². The van der Waals surface area contributed by atoms with Crippen molar-refractivity contribution >= 4 is 0 Å². The van der Waals surface area contributed by atoms with Gasteiger partial charge in [0, 0.05) is 24.1 Å². The number of aliphatic hydroxyl groups excluding tert-OH is 4. The van der Waals surface area contributed by atoms with E-state index < -0.39 is 43.4 Å². The first-order chi connectivity index (χ1) is 13.9. The fourth-order valence-electron chi connectivity index (χ4n) is 3.57. The summed E-state index contributed by atoms with van der Waals surface area (Å²) in [7, 11) is 0. The second kappa shape index (κ2) is 7.69. The van der Waals surface area contributed by atoms with Crippen molar-refractivity contribution in [3.05, 3.63) is 47.5 Å². The van der Waals surface area contributed by atoms with Crippen LogP contribution in [0.25, 0.3) is 0 Å². The lowest BCUT2D eigenvalue weighted by molar-refractivity contribution is -0.116. The van der Waals surface area contributed by atoms with Gasteiger partial charge in [-0.05, 0) is 17.7 Å². The Morgan fingerprint density at radius 2 is 1.72 bits per heavy atom. The Morgan fingerprint density at radius 1 is 1.00 bits per heavy atom. The summed E-state index contributed by atoms with van der Waals surface area (Å²) in [6.45, 7) is -0.483. The van der Waals surface area contributed by atoms with Crippen molar-refractivity contribution in [2.45, 2.75) is 43.2 Å². The smallest absolute Gasteiger partial charge is 0.229 e. The Bertz CT molecular complexity index is 869. The second-order valence-electron chi connectivity index (χ2n) is 7.15. The van der Waals surface area contributed by atoms with Gasteiger partial charge in [0.25, 0.3) is 0 Å². The van der Waals surface area contributed by atoms with Crippen LogP contribution in [0, 0.1) is 0 Å². The highest BCUT2D eigenvalue weighted by atomic mass is 16.7. The number of fused-ring (bicyclic) bond motifs is 1. The van der Waals surface area contributed by atoms with Gasteiger partial charge in [-0.15, -0.1) is 0 Å². The van der Waals surface area contributed by atoms with E-state index in [-0.39, 0.29) is 29.4 Å². The molecule has 0 aliphatic carbocycles. The Labute approximate surface area is 166 Å². The SMILES string of the molecule is OC[C@@H]1O[C@H](Oc2cc(O)c3c(c2)O[C@@H](c2ccc(O)cc2)[C@@H](O)C3)[C@H](O)[C@@H]1O. The van der Waals surface area contributed by atoms with E-state index in [1.54, 1.807) is 12.1 Å². The molecule has 9 nitrogen and oxygen atoms in total. The van der Waals surface area contributed by atoms with Gasteiger partial charge in [-0.25, -0.2) is 0 Å². The summed E-state index contributed by atoms with van der Waals surface area (Å²) in [6, 6.07) is 9.02. The highest BCUT2D eigenvalue weighted by Crippen LogP contribution is 2.42. The van der Waals surface area contributed by atoms with E-state index in [1.807, 2.05) is 0 Å². The summed E-state index contributed by atoms with van der Waals surface area (Å²) >= 11 is 0. The van der Waals surface area contributed by atoms with Crippen LogP contribution < -0.4 is 9.47 Å². The predicted octanol–water partition coefficient (Wildman–Crippen LogP) is -0.0473. The maximum Gasteiger partial charge on any atom is 0.229 e. The van der Waals surface area contributed by atoms with Crippen LogP contribution in [0.5, 0.6) is 23.0 Å². The van der Waals surface area contributed by atoms with Gasteiger partial charge in [-0.1, -0.05) is 12.1 Å². The van der Waals surface area contributed by atoms with E-state index in [9.17, 15) is 25.5 Å². The monoisotopic (exact) mass is 406 g/mol. The van der Waals surface area contributed by atoms with Gasteiger partial charge < -0.3 is 44.8 Å². The summed E-state index contributed by atoms with van der Waals surface area (Å²) in [5.41, 5.74) is 1.05. The van der Waals surface area contributed by atoms with Crippen molar-refractivity contribution in [1.82, 2.24) is 0 Å². The quantitative estimate of drug-likeness (QED) is 0.411. The van der Waals surface area contributed by atoms with E-state index in [0.717, 1.165) is 0 Å². The van der Waals surface area contributed by atoms with Crippen LogP contribution in [0.2, 0.25) is 0 Å². The topological polar surface area (TPSA) is 149 Å². The zero-order valence-corrected chi connectivity index (χ0v) is 15.3. The summed E-state index contributed by atoms with van der Waals surface area (Å²) in [5, 5.41) is 59.2. The molecular weight excluding hydrogens is 384 g/mol. The average Bonchev–Trinajstić information content (AvgIpc) is 2.97. The van der Waals surface area contributed by atoms with E-state index >= 15 is 0 Å². The number of aliphatic hydroxyl groups is 4. The summed E-state index contributed by atoms with van der Waals surface area (Å²) in [6.07, 6.45) is -6.38. The molecule has 2 aromatic rings. The molecule has 0 spiro atoms. The van der Waals surface area contributed by atoms with Gasteiger partial charge in [-0.2, -0.15) is 0 Å². The van der Waals surface area contributed by atoms with Gasteiger partial charge >= 0.3 is 0 Å². The number of phenolic OH excluding ortho intramolecular Hbond substituents is 2. The van der Waals surface area contributed by atoms with Crippen molar-refractivity contribution in [3.8, 4) is 23.0 Å². The molecule has 1 saturated heterocycles. The van der Waals surface area contributed by atoms with Crippen molar-refractivity contribution in [2.75, 3.05) is 6.61 Å². The van der Waals surface area contributed by atoms with Crippen LogP contribution >= 0.6 is 0 Å². The molecule has 9 heteroatoms. The summed E-state index contributed by atoms with van der Waals surface area (Å²) < 4.78 is 16.7. The number of rotatable bonds is 4. The average molecular weight is 406 g/mol. The number of aromatic hydroxyl groups is 2. The van der Waals surface area contributed by atoms with Crippen LogP contribution in [0.15, 0.2) is 36.4 Å². The molecule has 2 aromatic carbocycles. The molecule has 0 aromatic heterocycles. The van der Waals surface area contributed by atoms with Crippen LogP contribution in [-0.4, -0.2) is 68.0 Å². The Kier molecular flexibility index (Phi) is 5.24. The molecule has 4 rings (SSSR count). The molecule has 2 heterocycles. The second-order valence-corrected chi connectivity index (χ2v) is 7.15. The minimum Gasteiger partial charge on any atom is -0.508 e. The van der Waals surface area contributed by atoms with Gasteiger partial charge in [-0.3, -0.25) is 0 Å². The van der Waals surface area contributed by atoms with Crippen molar-refractivity contribution in [1.29, 1.82) is 0 Å². The van der Waals surface area contributed by atoms with E-state index in [0.29, 0.717) is 11.1 Å². The minimum absolute atomic E-state index is 0.0891. The lowest BCUT2D eigenvalue weighted by Crippen LogP contribution is -2.35. The van der Waals surface area contributed by atoms with Crippen molar-refractivity contribution < 1.29 is 44.8 Å². The van der Waals surface area contributed by atoms with Crippen LogP contribution in [0.1, 0.15) is 17.2 Å². The first kappa shape index (κ1) is 19.7. The first-order valence-electron chi connectivity index (χ1n) is 9.16. The zero-order chi connectivity index (χ0) is 20.7. The molecule has 0 bridgehead atoms. The normalized spacial score (nSPS) is 31.2. The fraction of sp³-hybridized carbons (Fsp3) is 0.400. The lowest BCUT2D eigenvalue weighted by atomic mass is 9.94. The molecule has 6 atom stereocenters. The number of hydrogen-bond acceptors (Lipinski definition) is 9. The Hall–Kier alpha value is -2.56. The van der Waals surface area contributed by atoms with Crippen molar-refractivity contribution in [3.63, 3.8) is 0 Å². The molecule has 156 valence electrons. The Balaban J connectivity index is 1.57. The molecule has 0 saturated carbocycles. The van der Waals surface area contributed by atoms with E-state index in [1.165, 1.54) is 24.3 Å². The molecular formula is C20H22O9. The standard InChI is InChI=1S/C20H22O9/c21-8-16-17(25)18(26)20(29-16)27-11-5-13(23)12-7-14(24)19(28-15(12)6-11)9-1-3-10(22)4-2-9/h1-6,14,16-26H,7-8H2/t14-,16-,17+,18+,19-,20-/m0/s1. The predicted molar refractivity (Wildman–Crippen MR) is 97.7 cm³/mol. The molecule has 6 N–H and O–H groups in total. The number of hydrogen-bond donors (Lipinski definition) is 6. The van der Waals surface area contributed by atoms with Crippen molar-refractivity contribution in [2.24, 2.45) is 0 Å². The largest absolute Gasteiger partial charge is 0.508 e. The third-order valence-corrected chi connectivity index (χ3v) is 5.15. The molecule has 29 heavy (non-hydrogen) atoms. The molecule has 0 radical (unpaired) electrons. The zero-order valence-electron chi connectivity index (χ0n) is 15.3. The molecule has 1 fully saturated rings. The van der Waals surface area contributed by atoms with Gasteiger partial charge in [0.1, 0.15) is 47.4 Å². The maximum absolute atomic E-state index is 10.4. The number of ether oxygens (including phenoxy) is 3. The van der Waals surface area contributed by atoms with Gasteiger partial charge in [0.15, 0.2) is 0 Å².